The Labute approximate surface area is 205 Å². The molecule has 3 aromatic rings. The van der Waals surface area contributed by atoms with Gasteiger partial charge in [0.15, 0.2) is 0 Å². The third-order valence-corrected chi connectivity index (χ3v) is 4.85. The molecule has 5 nitrogen and oxygen atoms in total. The number of carbonyl (C=O) groups is 2. The average molecular weight is 494 g/mol. The van der Waals surface area contributed by atoms with Crippen molar-refractivity contribution in [3.05, 3.63) is 110 Å². The van der Waals surface area contributed by atoms with Crippen molar-refractivity contribution in [1.29, 1.82) is 0 Å². The molecule has 8 heteroatoms. The minimum Gasteiger partial charge on any atom is -0.462 e. The zero-order chi connectivity index (χ0) is 26.3. The highest BCUT2D eigenvalue weighted by Crippen LogP contribution is 2.40. The van der Waals surface area contributed by atoms with Crippen LogP contribution in [-0.4, -0.2) is 11.9 Å². The molecule has 0 aliphatic heterocycles. The molecule has 0 aliphatic carbocycles. The molecule has 0 amide bonds. The van der Waals surface area contributed by atoms with Gasteiger partial charge in [0.1, 0.15) is 24.0 Å². The van der Waals surface area contributed by atoms with Gasteiger partial charge in [-0.05, 0) is 59.5 Å². The fourth-order valence-electron chi connectivity index (χ4n) is 3.09. The van der Waals surface area contributed by atoms with Gasteiger partial charge in [-0.25, -0.2) is 9.59 Å². The number of rotatable bonds is 8. The zero-order valence-electron chi connectivity index (χ0n) is 19.2. The average Bonchev–Trinajstić information content (AvgIpc) is 2.86. The van der Waals surface area contributed by atoms with Gasteiger partial charge in [-0.15, -0.1) is 0 Å². The summed E-state index contributed by atoms with van der Waals surface area (Å²) in [5.74, 6) is -0.672. The summed E-state index contributed by atoms with van der Waals surface area (Å²) in [6.07, 6.45) is -1.38. The minimum atomic E-state index is -4.60. The van der Waals surface area contributed by atoms with Crippen LogP contribution in [0.3, 0.4) is 0 Å². The zero-order valence-corrected chi connectivity index (χ0v) is 19.2. The largest absolute Gasteiger partial charge is 0.462 e. The van der Waals surface area contributed by atoms with Gasteiger partial charge in [-0.3, -0.25) is 0 Å². The molecule has 0 saturated heterocycles. The Kier molecular flexibility index (Phi) is 8.11. The topological polar surface area (TPSA) is 61.8 Å². The van der Waals surface area contributed by atoms with Crippen molar-refractivity contribution in [3.63, 3.8) is 0 Å². The van der Waals surface area contributed by atoms with Crippen LogP contribution in [0.5, 0.6) is 11.5 Å². The van der Waals surface area contributed by atoms with Crippen LogP contribution < -0.4 is 9.47 Å². The molecule has 0 bridgehead atoms. The van der Waals surface area contributed by atoms with Crippen LogP contribution in [0.15, 0.2) is 104 Å². The van der Waals surface area contributed by atoms with Gasteiger partial charge < -0.3 is 14.2 Å². The van der Waals surface area contributed by atoms with E-state index in [9.17, 15) is 22.8 Å². The van der Waals surface area contributed by atoms with Gasteiger partial charge in [-0.2, -0.15) is 13.2 Å². The van der Waals surface area contributed by atoms with E-state index in [1.165, 1.54) is 37.3 Å². The van der Waals surface area contributed by atoms with Crippen LogP contribution >= 0.6 is 0 Å². The lowest BCUT2D eigenvalue weighted by Crippen LogP contribution is -2.07. The Morgan fingerprint density at radius 2 is 1.42 bits per heavy atom. The predicted octanol–water partition coefficient (Wildman–Crippen LogP) is 7.10. The van der Waals surface area contributed by atoms with E-state index in [0.29, 0.717) is 22.4 Å². The summed E-state index contributed by atoms with van der Waals surface area (Å²) in [6.45, 7) is 8.25. The molecule has 0 spiro atoms. The highest BCUT2D eigenvalue weighted by molar-refractivity contribution is 5.87. The van der Waals surface area contributed by atoms with Crippen molar-refractivity contribution in [2.45, 2.75) is 13.1 Å². The van der Waals surface area contributed by atoms with Crippen molar-refractivity contribution in [2.24, 2.45) is 0 Å². The fraction of sp³-hybridized carbons (Fsp3) is 0.0714. The van der Waals surface area contributed by atoms with Gasteiger partial charge in [0.25, 0.3) is 0 Å². The molecule has 0 radical (unpaired) electrons. The summed E-state index contributed by atoms with van der Waals surface area (Å²) in [6, 6.07) is 16.2. The molecule has 0 N–H and O–H groups in total. The van der Waals surface area contributed by atoms with Gasteiger partial charge in [-0.1, -0.05) is 49.6 Å². The molecule has 0 saturated carbocycles. The second-order valence-corrected chi connectivity index (χ2v) is 7.51. The Hall–Kier alpha value is -4.59. The number of ether oxygens (including phenoxy) is 3. The Morgan fingerprint density at radius 3 is 2.00 bits per heavy atom. The fourth-order valence-corrected chi connectivity index (χ4v) is 3.09. The molecule has 3 rings (SSSR count). The maximum absolute atomic E-state index is 13.9. The second kappa shape index (κ2) is 11.2. The minimum absolute atomic E-state index is 0.0118. The molecule has 0 atom stereocenters. The maximum atomic E-state index is 13.9. The molecular weight excluding hydrogens is 473 g/mol. The molecule has 3 aromatic carbocycles. The van der Waals surface area contributed by atoms with Crippen LogP contribution in [0.1, 0.15) is 12.5 Å². The molecular formula is C28H21F3O5. The number of hydrogen-bond acceptors (Lipinski definition) is 5. The van der Waals surface area contributed by atoms with E-state index in [2.05, 4.69) is 13.2 Å². The number of benzene rings is 3. The molecule has 36 heavy (non-hydrogen) atoms. The first kappa shape index (κ1) is 26.0. The quantitative estimate of drug-likeness (QED) is 0.145. The van der Waals surface area contributed by atoms with Crippen LogP contribution in [0.25, 0.3) is 22.3 Å². The van der Waals surface area contributed by atoms with Gasteiger partial charge >= 0.3 is 18.1 Å². The van der Waals surface area contributed by atoms with Gasteiger partial charge in [0.2, 0.25) is 0 Å². The van der Waals surface area contributed by atoms with Crippen molar-refractivity contribution < 1.29 is 37.0 Å². The third-order valence-electron chi connectivity index (χ3n) is 4.85. The number of hydrogen-bond donors (Lipinski definition) is 0. The number of halogens is 3. The normalized spacial score (nSPS) is 11.1. The van der Waals surface area contributed by atoms with E-state index in [-0.39, 0.29) is 16.9 Å². The lowest BCUT2D eigenvalue weighted by molar-refractivity contribution is -0.137. The SMILES string of the molecule is C=CC(=O)Oc1ccc(-c2ccc(-c3ccc(O/C=C\OC(=O)C(=C)C)cc3)cc2C(F)(F)F)cc1. The number of carbonyl (C=O) groups excluding carboxylic acids is 2. The molecule has 0 heterocycles. The van der Waals surface area contributed by atoms with Gasteiger partial charge in [0, 0.05) is 11.6 Å². The lowest BCUT2D eigenvalue weighted by Gasteiger charge is -2.15. The summed E-state index contributed by atoms with van der Waals surface area (Å²) >= 11 is 0. The Morgan fingerprint density at radius 1 is 0.833 bits per heavy atom. The standard InChI is InChI=1S/C28H21F3O5/c1-4-26(32)36-23-12-7-20(8-13-23)24-14-9-21(17-25(24)28(29,30)31)19-5-10-22(11-6-19)34-15-16-35-27(33)18(2)3/h4-17H,1-2H2,3H3/b16-15-. The molecule has 0 unspecified atom stereocenters. The highest BCUT2D eigenvalue weighted by Gasteiger charge is 2.34. The lowest BCUT2D eigenvalue weighted by atomic mass is 9.94. The Bertz CT molecular complexity index is 1300. The third kappa shape index (κ3) is 6.73. The molecule has 0 aromatic heterocycles. The molecule has 0 fully saturated rings. The summed E-state index contributed by atoms with van der Waals surface area (Å²) in [7, 11) is 0. The predicted molar refractivity (Wildman–Crippen MR) is 129 cm³/mol. The van der Waals surface area contributed by atoms with E-state index in [4.69, 9.17) is 14.2 Å². The molecule has 0 aliphatic rings. The summed E-state index contributed by atoms with van der Waals surface area (Å²) in [4.78, 5) is 22.6. The van der Waals surface area contributed by atoms with E-state index in [1.807, 2.05) is 0 Å². The second-order valence-electron chi connectivity index (χ2n) is 7.51. The first-order chi connectivity index (χ1) is 17.1. The smallest absolute Gasteiger partial charge is 0.417 e. The van der Waals surface area contributed by atoms with Crippen molar-refractivity contribution >= 4 is 11.9 Å². The van der Waals surface area contributed by atoms with Crippen LogP contribution in [0.2, 0.25) is 0 Å². The monoisotopic (exact) mass is 494 g/mol. The summed E-state index contributed by atoms with van der Waals surface area (Å²) < 4.78 is 56.8. The van der Waals surface area contributed by atoms with Crippen molar-refractivity contribution in [2.75, 3.05) is 0 Å². The van der Waals surface area contributed by atoms with E-state index in [1.54, 1.807) is 30.3 Å². The van der Waals surface area contributed by atoms with Crippen LogP contribution in [0, 0.1) is 0 Å². The summed E-state index contributed by atoms with van der Waals surface area (Å²) in [5.41, 5.74) is 0.638. The van der Waals surface area contributed by atoms with E-state index in [0.717, 1.165) is 24.7 Å². The highest BCUT2D eigenvalue weighted by atomic mass is 19.4. The number of esters is 2. The molecule has 184 valence electrons. The number of alkyl halides is 3. The summed E-state index contributed by atoms with van der Waals surface area (Å²) in [5, 5.41) is 0. The Balaban J connectivity index is 1.81. The van der Waals surface area contributed by atoms with Gasteiger partial charge in [0.05, 0.1) is 5.56 Å². The first-order valence-electron chi connectivity index (χ1n) is 10.5. The van der Waals surface area contributed by atoms with Crippen LogP contribution in [0.4, 0.5) is 13.2 Å². The first-order valence-corrected chi connectivity index (χ1v) is 10.5. The maximum Gasteiger partial charge on any atom is 0.417 e. The van der Waals surface area contributed by atoms with Crippen molar-refractivity contribution in [3.8, 4) is 33.8 Å². The van der Waals surface area contributed by atoms with Crippen LogP contribution in [-0.2, 0) is 20.5 Å². The van der Waals surface area contributed by atoms with E-state index < -0.39 is 23.7 Å². The van der Waals surface area contributed by atoms with Crippen molar-refractivity contribution in [1.82, 2.24) is 0 Å². The van der Waals surface area contributed by atoms with E-state index >= 15 is 0 Å².